The molecule has 0 amide bonds. The highest BCUT2D eigenvalue weighted by Crippen LogP contribution is 2.79. The maximum Gasteiger partial charge on any atom is 0.273 e. The Kier molecular flexibility index (Phi) is 0.923. The van der Waals surface area contributed by atoms with Crippen molar-refractivity contribution in [2.45, 2.75) is 18.3 Å². The number of fused-ring (bicyclic) bond motifs is 4. The molecule has 0 aromatic heterocycles. The molecular formula is C11H9NO2. The van der Waals surface area contributed by atoms with Gasteiger partial charge in [-0.3, -0.25) is 10.1 Å². The third-order valence-corrected chi connectivity index (χ3v) is 4.27. The number of rotatable bonds is 1. The van der Waals surface area contributed by atoms with Crippen molar-refractivity contribution in [3.8, 4) is 0 Å². The second-order valence-corrected chi connectivity index (χ2v) is 4.65. The van der Waals surface area contributed by atoms with Gasteiger partial charge in [0.15, 0.2) is 0 Å². The summed E-state index contributed by atoms with van der Waals surface area (Å²) in [5, 5.41) is 10.9. The standard InChI is InChI=1S/C11H9NO2/c13-12(14)8-3-1-2-5-6-4-7-9(6)11(7)10(5)8/h1-3,6-7,9,11H,4H2/t6-,7-,9-,11-/m1/s1. The summed E-state index contributed by atoms with van der Waals surface area (Å²) in [6.45, 7) is 0. The van der Waals surface area contributed by atoms with Crippen molar-refractivity contribution in [2.24, 2.45) is 11.8 Å². The number of hydrogen-bond acceptors (Lipinski definition) is 2. The lowest BCUT2D eigenvalue weighted by Crippen LogP contribution is -2.14. The minimum absolute atomic E-state index is 0.223. The first-order valence-corrected chi connectivity index (χ1v) is 5.06. The van der Waals surface area contributed by atoms with Crippen LogP contribution in [-0.4, -0.2) is 4.92 Å². The molecule has 0 radical (unpaired) electrons. The van der Waals surface area contributed by atoms with Gasteiger partial charge in [-0.2, -0.15) is 0 Å². The molecule has 0 aliphatic heterocycles. The topological polar surface area (TPSA) is 43.1 Å². The van der Waals surface area contributed by atoms with Crippen LogP contribution >= 0.6 is 0 Å². The van der Waals surface area contributed by atoms with Gasteiger partial charge in [-0.25, -0.2) is 0 Å². The molecule has 1 aromatic rings. The Morgan fingerprint density at radius 3 is 3.07 bits per heavy atom. The fraction of sp³-hybridized carbons (Fsp3) is 0.455. The molecule has 0 saturated heterocycles. The van der Waals surface area contributed by atoms with E-state index in [-0.39, 0.29) is 4.92 Å². The first-order valence-electron chi connectivity index (χ1n) is 5.06. The van der Waals surface area contributed by atoms with Gasteiger partial charge in [0.05, 0.1) is 4.92 Å². The average Bonchev–Trinajstić information content (AvgIpc) is 2.61. The van der Waals surface area contributed by atoms with Crippen molar-refractivity contribution in [1.29, 1.82) is 0 Å². The van der Waals surface area contributed by atoms with E-state index >= 15 is 0 Å². The summed E-state index contributed by atoms with van der Waals surface area (Å²) in [5.74, 6) is 2.80. The van der Waals surface area contributed by atoms with Gasteiger partial charge < -0.3 is 0 Å². The zero-order valence-electron chi connectivity index (χ0n) is 7.51. The molecule has 0 unspecified atom stereocenters. The van der Waals surface area contributed by atoms with E-state index in [0.717, 1.165) is 17.4 Å². The second-order valence-electron chi connectivity index (χ2n) is 4.65. The molecule has 14 heavy (non-hydrogen) atoms. The van der Waals surface area contributed by atoms with E-state index in [1.54, 1.807) is 6.07 Å². The lowest BCUT2D eigenvalue weighted by molar-refractivity contribution is -0.385. The first-order chi connectivity index (χ1) is 6.79. The van der Waals surface area contributed by atoms with Gasteiger partial charge in [0.25, 0.3) is 5.69 Å². The minimum Gasteiger partial charge on any atom is -0.258 e. The molecule has 3 heteroatoms. The fourth-order valence-corrected chi connectivity index (χ4v) is 3.66. The Bertz CT molecular complexity index is 468. The van der Waals surface area contributed by atoms with Crippen molar-refractivity contribution in [3.63, 3.8) is 0 Å². The molecule has 3 aliphatic carbocycles. The van der Waals surface area contributed by atoms with Crippen molar-refractivity contribution >= 4 is 5.69 Å². The van der Waals surface area contributed by atoms with Gasteiger partial charge in [0, 0.05) is 11.6 Å². The number of benzene rings is 1. The number of nitrogens with zero attached hydrogens (tertiary/aromatic N) is 1. The molecule has 2 saturated carbocycles. The molecule has 0 bridgehead atoms. The normalized spacial score (nSPS) is 39.7. The molecule has 0 heterocycles. The minimum atomic E-state index is -0.223. The predicted molar refractivity (Wildman–Crippen MR) is 50.2 cm³/mol. The average molecular weight is 187 g/mol. The Labute approximate surface area is 80.9 Å². The van der Waals surface area contributed by atoms with Crippen LogP contribution in [0.1, 0.15) is 29.4 Å². The summed E-state index contributed by atoms with van der Waals surface area (Å²) in [6.07, 6.45) is 1.28. The Morgan fingerprint density at radius 1 is 1.43 bits per heavy atom. The predicted octanol–water partition coefficient (Wildman–Crippen LogP) is 2.43. The third-order valence-electron chi connectivity index (χ3n) is 4.27. The summed E-state index contributed by atoms with van der Waals surface area (Å²) >= 11 is 0. The molecule has 4 rings (SSSR count). The zero-order valence-corrected chi connectivity index (χ0v) is 7.51. The van der Waals surface area contributed by atoms with E-state index in [1.165, 1.54) is 12.0 Å². The first kappa shape index (κ1) is 6.98. The molecule has 0 N–H and O–H groups in total. The van der Waals surface area contributed by atoms with Crippen LogP contribution in [0.5, 0.6) is 0 Å². The third kappa shape index (κ3) is 0.541. The monoisotopic (exact) mass is 187 g/mol. The molecule has 2 fully saturated rings. The number of nitro benzene ring substituents is 1. The summed E-state index contributed by atoms with van der Waals surface area (Å²) < 4.78 is 0. The quantitative estimate of drug-likeness (QED) is 0.500. The van der Waals surface area contributed by atoms with Crippen molar-refractivity contribution < 1.29 is 4.92 Å². The summed E-state index contributed by atoms with van der Waals surface area (Å²) in [4.78, 5) is 10.6. The van der Waals surface area contributed by atoms with E-state index in [9.17, 15) is 10.1 Å². The van der Waals surface area contributed by atoms with Crippen LogP contribution in [0, 0.1) is 22.0 Å². The Balaban J connectivity index is 2.00. The molecule has 3 nitrogen and oxygen atoms in total. The fourth-order valence-electron chi connectivity index (χ4n) is 3.66. The molecule has 3 aliphatic rings. The van der Waals surface area contributed by atoms with Crippen molar-refractivity contribution in [3.05, 3.63) is 39.4 Å². The van der Waals surface area contributed by atoms with E-state index < -0.39 is 0 Å². The summed E-state index contributed by atoms with van der Waals surface area (Å²) in [5.41, 5.74) is 2.71. The van der Waals surface area contributed by atoms with Crippen LogP contribution in [-0.2, 0) is 0 Å². The van der Waals surface area contributed by atoms with Gasteiger partial charge in [0.1, 0.15) is 0 Å². The maximum atomic E-state index is 10.9. The smallest absolute Gasteiger partial charge is 0.258 e. The van der Waals surface area contributed by atoms with Crippen LogP contribution in [0.4, 0.5) is 5.69 Å². The van der Waals surface area contributed by atoms with Crippen LogP contribution in [0.2, 0.25) is 0 Å². The van der Waals surface area contributed by atoms with Crippen LogP contribution in [0.15, 0.2) is 18.2 Å². The van der Waals surface area contributed by atoms with E-state index in [2.05, 4.69) is 6.07 Å². The van der Waals surface area contributed by atoms with E-state index in [0.29, 0.717) is 17.5 Å². The van der Waals surface area contributed by atoms with Crippen LogP contribution in [0.3, 0.4) is 0 Å². The highest BCUT2D eigenvalue weighted by atomic mass is 16.6. The molecule has 0 spiro atoms. The van der Waals surface area contributed by atoms with Gasteiger partial charge in [-0.05, 0) is 35.7 Å². The zero-order chi connectivity index (χ0) is 9.45. The number of hydrogen-bond donors (Lipinski definition) is 0. The summed E-state index contributed by atoms with van der Waals surface area (Å²) in [7, 11) is 0. The SMILES string of the molecule is O=[N+]([O-])c1cccc2c1[C@@H]1[C@@H]3C[C@H]2[C@H]31. The van der Waals surface area contributed by atoms with E-state index in [4.69, 9.17) is 0 Å². The van der Waals surface area contributed by atoms with Crippen LogP contribution in [0.25, 0.3) is 0 Å². The highest BCUT2D eigenvalue weighted by Gasteiger charge is 2.70. The summed E-state index contributed by atoms with van der Waals surface area (Å²) in [6, 6.07) is 5.56. The number of nitro groups is 1. The highest BCUT2D eigenvalue weighted by molar-refractivity contribution is 5.60. The molecule has 4 atom stereocenters. The largest absolute Gasteiger partial charge is 0.273 e. The van der Waals surface area contributed by atoms with Crippen molar-refractivity contribution in [2.75, 3.05) is 0 Å². The van der Waals surface area contributed by atoms with Gasteiger partial charge in [-0.1, -0.05) is 12.1 Å². The van der Waals surface area contributed by atoms with E-state index in [1.807, 2.05) is 6.07 Å². The van der Waals surface area contributed by atoms with Gasteiger partial charge in [-0.15, -0.1) is 0 Å². The lowest BCUT2D eigenvalue weighted by Gasteiger charge is -2.26. The lowest BCUT2D eigenvalue weighted by atomic mass is 9.78. The molecule has 1 aromatic carbocycles. The molecule has 70 valence electrons. The Hall–Kier alpha value is -1.38. The van der Waals surface area contributed by atoms with Gasteiger partial charge in [0.2, 0.25) is 0 Å². The van der Waals surface area contributed by atoms with Crippen LogP contribution < -0.4 is 0 Å². The Morgan fingerprint density at radius 2 is 2.29 bits per heavy atom. The maximum absolute atomic E-state index is 10.9. The molecular weight excluding hydrogens is 178 g/mol. The second kappa shape index (κ2) is 1.85. The van der Waals surface area contributed by atoms with Crippen molar-refractivity contribution in [1.82, 2.24) is 0 Å². The van der Waals surface area contributed by atoms with Gasteiger partial charge >= 0.3 is 0 Å².